The average molecular weight is 341 g/mol. The molecule has 5 nitrogen and oxygen atoms in total. The molecule has 0 fully saturated rings. The van der Waals surface area contributed by atoms with Gasteiger partial charge in [0, 0.05) is 16.8 Å². The van der Waals surface area contributed by atoms with Crippen LogP contribution < -0.4 is 11.6 Å². The van der Waals surface area contributed by atoms with Gasteiger partial charge in [-0.25, -0.2) is 15.8 Å². The number of amidine groups is 2. The molecule has 1 atom stereocenters. The lowest BCUT2D eigenvalue weighted by Gasteiger charge is -2.31. The fraction of sp³-hybridized carbons (Fsp3) is 0.0476. The van der Waals surface area contributed by atoms with Crippen LogP contribution in [-0.2, 0) is 0 Å². The molecule has 0 amide bonds. The summed E-state index contributed by atoms with van der Waals surface area (Å²) in [6, 6.07) is 27.4. The Morgan fingerprint density at radius 1 is 0.769 bits per heavy atom. The maximum atomic E-state index is 6.43. The molecule has 1 aliphatic heterocycles. The topological polar surface area (TPSA) is 80.0 Å². The number of nitrogen functional groups attached to an aromatic ring is 1. The second-order valence-corrected chi connectivity index (χ2v) is 6.07. The molecule has 3 aromatic rings. The van der Waals surface area contributed by atoms with Gasteiger partial charge in [0.15, 0.2) is 17.8 Å². The fourth-order valence-corrected chi connectivity index (χ4v) is 2.96. The maximum Gasteiger partial charge on any atom is 0.164 e. The molecule has 1 heterocycles. The summed E-state index contributed by atoms with van der Waals surface area (Å²) in [6.07, 6.45) is -0.361. The van der Waals surface area contributed by atoms with E-state index in [1.165, 1.54) is 0 Å². The molecule has 0 saturated heterocycles. The predicted molar refractivity (Wildman–Crippen MR) is 106 cm³/mol. The van der Waals surface area contributed by atoms with Gasteiger partial charge in [0.25, 0.3) is 0 Å². The zero-order chi connectivity index (χ0) is 17.9. The van der Waals surface area contributed by atoms with Gasteiger partial charge in [-0.2, -0.15) is 0 Å². The Balaban J connectivity index is 1.85. The molecule has 5 heteroatoms. The van der Waals surface area contributed by atoms with Crippen molar-refractivity contribution in [2.45, 2.75) is 6.17 Å². The second-order valence-electron chi connectivity index (χ2n) is 6.07. The number of anilines is 1. The highest BCUT2D eigenvalue weighted by Crippen LogP contribution is 2.27. The van der Waals surface area contributed by atoms with Gasteiger partial charge in [0.1, 0.15) is 0 Å². The number of benzene rings is 3. The van der Waals surface area contributed by atoms with Crippen LogP contribution in [0.2, 0.25) is 0 Å². The first kappa shape index (κ1) is 16.1. The molecule has 4 N–H and O–H groups in total. The Bertz CT molecular complexity index is 964. The molecule has 0 bridgehead atoms. The molecule has 0 radical (unpaired) electrons. The number of hydrogen-bond donors (Lipinski definition) is 2. The lowest BCUT2D eigenvalue weighted by molar-refractivity contribution is 0.333. The quantitative estimate of drug-likeness (QED) is 0.566. The Kier molecular flexibility index (Phi) is 4.21. The van der Waals surface area contributed by atoms with Crippen LogP contribution >= 0.6 is 0 Å². The largest absolute Gasteiger partial charge is 0.399 e. The van der Waals surface area contributed by atoms with Crippen molar-refractivity contribution in [2.24, 2.45) is 15.8 Å². The van der Waals surface area contributed by atoms with Gasteiger partial charge in [0.05, 0.1) is 0 Å². The van der Waals surface area contributed by atoms with Gasteiger partial charge in [-0.15, -0.1) is 0 Å². The van der Waals surface area contributed by atoms with Crippen molar-refractivity contribution < 1.29 is 0 Å². The summed E-state index contributed by atoms with van der Waals surface area (Å²) in [5, 5.41) is 1.61. The van der Waals surface area contributed by atoms with E-state index in [1.807, 2.05) is 84.9 Å². The Labute approximate surface area is 152 Å². The van der Waals surface area contributed by atoms with E-state index >= 15 is 0 Å². The average Bonchev–Trinajstić information content (AvgIpc) is 2.69. The molecule has 128 valence electrons. The van der Waals surface area contributed by atoms with Crippen molar-refractivity contribution in [2.75, 3.05) is 5.73 Å². The number of nitrogens with zero attached hydrogens (tertiary/aromatic N) is 3. The molecule has 26 heavy (non-hydrogen) atoms. The molecule has 0 aromatic heterocycles. The Hall–Kier alpha value is -3.44. The second kappa shape index (κ2) is 6.82. The molecular weight excluding hydrogens is 322 g/mol. The van der Waals surface area contributed by atoms with Gasteiger partial charge in [-0.05, 0) is 17.7 Å². The van der Waals surface area contributed by atoms with E-state index in [-0.39, 0.29) is 6.17 Å². The zero-order valence-corrected chi connectivity index (χ0v) is 14.2. The van der Waals surface area contributed by atoms with E-state index in [0.717, 1.165) is 16.7 Å². The standard InChI is InChI=1S/C21H19N5/c22-18-13-7-12-17(14-18)19-24-20(15-8-3-1-4-9-15)26(23)21(25-19)16-10-5-2-6-11-16/h1-14,20H,22-23H2. The molecule has 4 rings (SSSR count). The summed E-state index contributed by atoms with van der Waals surface area (Å²) in [6.45, 7) is 0. The minimum atomic E-state index is -0.361. The number of hydrogen-bond acceptors (Lipinski definition) is 5. The van der Waals surface area contributed by atoms with E-state index in [4.69, 9.17) is 21.6 Å². The molecular formula is C21H19N5. The number of nitrogens with two attached hydrogens (primary N) is 2. The predicted octanol–water partition coefficient (Wildman–Crippen LogP) is 3.35. The highest BCUT2D eigenvalue weighted by atomic mass is 15.5. The van der Waals surface area contributed by atoms with Crippen molar-refractivity contribution in [3.05, 3.63) is 102 Å². The smallest absolute Gasteiger partial charge is 0.164 e. The first-order valence-corrected chi connectivity index (χ1v) is 8.39. The first-order chi connectivity index (χ1) is 12.7. The van der Waals surface area contributed by atoms with E-state index in [9.17, 15) is 0 Å². The van der Waals surface area contributed by atoms with Gasteiger partial charge < -0.3 is 5.73 Å². The normalized spacial score (nSPS) is 16.8. The summed E-state index contributed by atoms with van der Waals surface area (Å²) in [5.74, 6) is 7.72. The third-order valence-corrected chi connectivity index (χ3v) is 4.24. The minimum Gasteiger partial charge on any atom is -0.399 e. The maximum absolute atomic E-state index is 6.43. The van der Waals surface area contributed by atoms with Crippen LogP contribution in [0.1, 0.15) is 22.9 Å². The van der Waals surface area contributed by atoms with E-state index in [2.05, 4.69) is 0 Å². The summed E-state index contributed by atoms with van der Waals surface area (Å²) in [7, 11) is 0. The van der Waals surface area contributed by atoms with Gasteiger partial charge in [-0.1, -0.05) is 72.8 Å². The van der Waals surface area contributed by atoms with Gasteiger partial charge in [-0.3, -0.25) is 5.01 Å². The fourth-order valence-electron chi connectivity index (χ4n) is 2.96. The van der Waals surface area contributed by atoms with Crippen LogP contribution in [0.3, 0.4) is 0 Å². The van der Waals surface area contributed by atoms with Crippen molar-refractivity contribution in [1.82, 2.24) is 5.01 Å². The molecule has 1 unspecified atom stereocenters. The molecule has 3 aromatic carbocycles. The highest BCUT2D eigenvalue weighted by molar-refractivity contribution is 6.13. The van der Waals surface area contributed by atoms with Crippen LogP contribution in [-0.4, -0.2) is 16.7 Å². The Morgan fingerprint density at radius 3 is 2.12 bits per heavy atom. The van der Waals surface area contributed by atoms with Gasteiger partial charge >= 0.3 is 0 Å². The Morgan fingerprint density at radius 2 is 1.42 bits per heavy atom. The van der Waals surface area contributed by atoms with Crippen molar-refractivity contribution in [3.8, 4) is 0 Å². The summed E-state index contributed by atoms with van der Waals surface area (Å²) < 4.78 is 0. The van der Waals surface area contributed by atoms with E-state index < -0.39 is 0 Å². The SMILES string of the molecule is Nc1cccc(C2=NC(c3ccccc3)N(N)C(c3ccccc3)=N2)c1. The van der Waals surface area contributed by atoms with Crippen LogP contribution in [0.15, 0.2) is 94.9 Å². The third-order valence-electron chi connectivity index (χ3n) is 4.24. The highest BCUT2D eigenvalue weighted by Gasteiger charge is 2.27. The molecule has 1 aliphatic rings. The van der Waals surface area contributed by atoms with Gasteiger partial charge in [0.2, 0.25) is 0 Å². The van der Waals surface area contributed by atoms with Crippen molar-refractivity contribution in [3.63, 3.8) is 0 Å². The van der Waals surface area contributed by atoms with Crippen LogP contribution in [0.4, 0.5) is 5.69 Å². The molecule has 0 aliphatic carbocycles. The molecule has 0 spiro atoms. The monoisotopic (exact) mass is 341 g/mol. The number of rotatable bonds is 3. The number of aliphatic imine (C=N–C) groups is 2. The van der Waals surface area contributed by atoms with Crippen molar-refractivity contribution in [1.29, 1.82) is 0 Å². The molecule has 0 saturated carbocycles. The van der Waals surface area contributed by atoms with E-state index in [0.29, 0.717) is 17.4 Å². The lowest BCUT2D eigenvalue weighted by atomic mass is 10.1. The third kappa shape index (κ3) is 3.08. The van der Waals surface area contributed by atoms with E-state index in [1.54, 1.807) is 5.01 Å². The summed E-state index contributed by atoms with van der Waals surface area (Å²) in [4.78, 5) is 9.53. The zero-order valence-electron chi connectivity index (χ0n) is 14.2. The number of hydrazine groups is 1. The van der Waals surface area contributed by atoms with Crippen LogP contribution in [0.5, 0.6) is 0 Å². The van der Waals surface area contributed by atoms with Crippen LogP contribution in [0, 0.1) is 0 Å². The van der Waals surface area contributed by atoms with Crippen LogP contribution in [0.25, 0.3) is 0 Å². The summed E-state index contributed by atoms with van der Waals surface area (Å²) in [5.41, 5.74) is 9.42. The first-order valence-electron chi connectivity index (χ1n) is 8.39. The lowest BCUT2D eigenvalue weighted by Crippen LogP contribution is -2.43. The van der Waals surface area contributed by atoms with Crippen molar-refractivity contribution >= 4 is 17.4 Å². The minimum absolute atomic E-state index is 0.361. The summed E-state index contributed by atoms with van der Waals surface area (Å²) >= 11 is 0.